The Labute approximate surface area is 133 Å². The molecule has 2 unspecified atom stereocenters. The minimum Gasteiger partial charge on any atom is -0.481 e. The fourth-order valence-corrected chi connectivity index (χ4v) is 3.91. The van der Waals surface area contributed by atoms with Gasteiger partial charge < -0.3 is 15.1 Å². The number of aryl methyl sites for hydroxylation is 1. The van der Waals surface area contributed by atoms with Crippen LogP contribution < -0.4 is 0 Å². The van der Waals surface area contributed by atoms with Crippen LogP contribution in [-0.4, -0.2) is 46.0 Å². The number of carboxylic acids is 2. The third-order valence-corrected chi connectivity index (χ3v) is 5.73. The molecule has 2 heterocycles. The van der Waals surface area contributed by atoms with E-state index in [1.807, 2.05) is 6.92 Å². The van der Waals surface area contributed by atoms with Gasteiger partial charge in [0.25, 0.3) is 5.91 Å². The van der Waals surface area contributed by atoms with Crippen LogP contribution in [0.15, 0.2) is 9.85 Å². The summed E-state index contributed by atoms with van der Waals surface area (Å²) in [5.41, 5.74) is 0.943. The summed E-state index contributed by atoms with van der Waals surface area (Å²) < 4.78 is 0.862. The van der Waals surface area contributed by atoms with Gasteiger partial charge in [-0.3, -0.25) is 14.4 Å². The zero-order valence-electron chi connectivity index (χ0n) is 11.2. The first kappa shape index (κ1) is 16.0. The van der Waals surface area contributed by atoms with Crippen molar-refractivity contribution in [3.05, 3.63) is 20.3 Å². The molecule has 0 saturated carbocycles. The summed E-state index contributed by atoms with van der Waals surface area (Å²) >= 11 is 4.64. The second-order valence-corrected chi connectivity index (χ2v) is 7.37. The predicted octanol–water partition coefficient (Wildman–Crippen LogP) is 2.07. The minimum atomic E-state index is -1.18. The second-order valence-electron chi connectivity index (χ2n) is 5.00. The van der Waals surface area contributed by atoms with Crippen LogP contribution >= 0.6 is 27.3 Å². The van der Waals surface area contributed by atoms with E-state index in [0.717, 1.165) is 9.35 Å². The van der Waals surface area contributed by atoms with E-state index in [4.69, 9.17) is 10.2 Å². The number of hydrogen-bond donors (Lipinski definition) is 2. The van der Waals surface area contributed by atoms with E-state index in [2.05, 4.69) is 15.9 Å². The standard InChI is InChI=1S/C13H14BrNO5S/c1-6-4-9(21-10(6)14)11(16)15-3-2-7(12(17)18)8(5-15)13(19)20/h4,7-8H,2-3,5H2,1H3,(H,17,18)(H,19,20). The van der Waals surface area contributed by atoms with Crippen LogP contribution in [0, 0.1) is 18.8 Å². The van der Waals surface area contributed by atoms with E-state index < -0.39 is 23.8 Å². The molecule has 0 radical (unpaired) electrons. The summed E-state index contributed by atoms with van der Waals surface area (Å²) in [6.45, 7) is 2.06. The van der Waals surface area contributed by atoms with Gasteiger partial charge in [0.1, 0.15) is 0 Å². The van der Waals surface area contributed by atoms with Crippen LogP contribution in [0.4, 0.5) is 0 Å². The van der Waals surface area contributed by atoms with Gasteiger partial charge >= 0.3 is 11.9 Å². The number of rotatable bonds is 3. The number of nitrogens with zero attached hydrogens (tertiary/aromatic N) is 1. The Morgan fingerprint density at radius 1 is 1.29 bits per heavy atom. The maximum Gasteiger partial charge on any atom is 0.309 e. The van der Waals surface area contributed by atoms with Crippen molar-refractivity contribution < 1.29 is 24.6 Å². The normalized spacial score (nSPS) is 22.1. The van der Waals surface area contributed by atoms with Gasteiger partial charge in [-0.2, -0.15) is 0 Å². The van der Waals surface area contributed by atoms with Gasteiger partial charge in [0, 0.05) is 13.1 Å². The smallest absolute Gasteiger partial charge is 0.309 e. The van der Waals surface area contributed by atoms with Gasteiger partial charge in [-0.25, -0.2) is 0 Å². The highest BCUT2D eigenvalue weighted by Crippen LogP contribution is 2.30. The van der Waals surface area contributed by atoms with Crippen molar-refractivity contribution >= 4 is 45.1 Å². The van der Waals surface area contributed by atoms with Crippen LogP contribution in [0.5, 0.6) is 0 Å². The quantitative estimate of drug-likeness (QED) is 0.842. The molecule has 1 amide bonds. The number of hydrogen-bond acceptors (Lipinski definition) is 4. The summed E-state index contributed by atoms with van der Waals surface area (Å²) in [4.78, 5) is 36.7. The first-order chi connectivity index (χ1) is 9.81. The number of likely N-dealkylation sites (tertiary alicyclic amines) is 1. The topological polar surface area (TPSA) is 94.9 Å². The Morgan fingerprint density at radius 2 is 1.90 bits per heavy atom. The molecule has 1 aliphatic rings. The average Bonchev–Trinajstić information content (AvgIpc) is 2.77. The largest absolute Gasteiger partial charge is 0.481 e. The molecule has 0 aromatic carbocycles. The third kappa shape index (κ3) is 3.26. The highest BCUT2D eigenvalue weighted by atomic mass is 79.9. The fraction of sp³-hybridized carbons (Fsp3) is 0.462. The van der Waals surface area contributed by atoms with Gasteiger partial charge in [0.2, 0.25) is 0 Å². The molecule has 2 atom stereocenters. The molecule has 1 aromatic heterocycles. The van der Waals surface area contributed by atoms with Gasteiger partial charge in [0.05, 0.1) is 20.5 Å². The molecule has 21 heavy (non-hydrogen) atoms. The summed E-state index contributed by atoms with van der Waals surface area (Å²) in [5.74, 6) is -4.55. The second kappa shape index (κ2) is 6.15. The van der Waals surface area contributed by atoms with Gasteiger partial charge in [-0.05, 0) is 40.9 Å². The number of aliphatic carboxylic acids is 2. The number of thiophene rings is 1. The van der Waals surface area contributed by atoms with Crippen LogP contribution in [0.25, 0.3) is 0 Å². The molecule has 1 aromatic rings. The minimum absolute atomic E-state index is 0.0697. The lowest BCUT2D eigenvalue weighted by molar-refractivity contribution is -0.156. The first-order valence-electron chi connectivity index (χ1n) is 6.32. The predicted molar refractivity (Wildman–Crippen MR) is 79.5 cm³/mol. The van der Waals surface area contributed by atoms with E-state index in [9.17, 15) is 14.4 Å². The van der Waals surface area contributed by atoms with Crippen molar-refractivity contribution in [3.63, 3.8) is 0 Å². The number of piperidine rings is 1. The Hall–Kier alpha value is -1.41. The van der Waals surface area contributed by atoms with Crippen molar-refractivity contribution in [2.24, 2.45) is 11.8 Å². The van der Waals surface area contributed by atoms with Crippen LogP contribution in [-0.2, 0) is 9.59 Å². The van der Waals surface area contributed by atoms with E-state index in [1.165, 1.54) is 16.2 Å². The Bertz CT molecular complexity index is 580. The van der Waals surface area contributed by atoms with Crippen molar-refractivity contribution in [1.29, 1.82) is 0 Å². The molecule has 6 nitrogen and oxygen atoms in total. The van der Waals surface area contributed by atoms with E-state index in [0.29, 0.717) is 4.88 Å². The molecule has 2 rings (SSSR count). The summed E-state index contributed by atoms with van der Waals surface area (Å²) in [7, 11) is 0. The maximum absolute atomic E-state index is 12.4. The zero-order chi connectivity index (χ0) is 15.7. The third-order valence-electron chi connectivity index (χ3n) is 3.60. The molecular weight excluding hydrogens is 362 g/mol. The number of carboxylic acid groups (broad SMARTS) is 2. The molecule has 1 fully saturated rings. The number of carbonyl (C=O) groups is 3. The molecule has 8 heteroatoms. The SMILES string of the molecule is Cc1cc(C(=O)N2CCC(C(=O)O)C(C(=O)O)C2)sc1Br. The lowest BCUT2D eigenvalue weighted by Gasteiger charge is -2.34. The van der Waals surface area contributed by atoms with Gasteiger partial charge in [-0.15, -0.1) is 11.3 Å². The van der Waals surface area contributed by atoms with E-state index >= 15 is 0 Å². The highest BCUT2D eigenvalue weighted by Gasteiger charge is 2.40. The van der Waals surface area contributed by atoms with Crippen molar-refractivity contribution in [3.8, 4) is 0 Å². The van der Waals surface area contributed by atoms with E-state index in [-0.39, 0.29) is 25.4 Å². The zero-order valence-corrected chi connectivity index (χ0v) is 13.6. The molecule has 0 aliphatic carbocycles. The van der Waals surface area contributed by atoms with Crippen LogP contribution in [0.3, 0.4) is 0 Å². The van der Waals surface area contributed by atoms with Crippen molar-refractivity contribution in [2.75, 3.05) is 13.1 Å². The molecule has 0 spiro atoms. The Morgan fingerprint density at radius 3 is 2.38 bits per heavy atom. The average molecular weight is 376 g/mol. The van der Waals surface area contributed by atoms with E-state index in [1.54, 1.807) is 6.07 Å². The number of amides is 1. The lowest BCUT2D eigenvalue weighted by Crippen LogP contribution is -2.48. The maximum atomic E-state index is 12.4. The summed E-state index contributed by atoms with van der Waals surface area (Å²) in [5, 5.41) is 18.2. The first-order valence-corrected chi connectivity index (χ1v) is 7.93. The number of carbonyl (C=O) groups excluding carboxylic acids is 1. The number of halogens is 1. The monoisotopic (exact) mass is 375 g/mol. The molecule has 1 saturated heterocycles. The Balaban J connectivity index is 2.17. The lowest BCUT2D eigenvalue weighted by atomic mass is 9.85. The van der Waals surface area contributed by atoms with Gasteiger partial charge in [-0.1, -0.05) is 0 Å². The molecule has 114 valence electrons. The van der Waals surface area contributed by atoms with Gasteiger partial charge in [0.15, 0.2) is 0 Å². The summed E-state index contributed by atoms with van der Waals surface area (Å²) in [6, 6.07) is 1.75. The van der Waals surface area contributed by atoms with Crippen molar-refractivity contribution in [1.82, 2.24) is 4.90 Å². The Kier molecular flexibility index (Phi) is 4.67. The summed E-state index contributed by atoms with van der Waals surface area (Å²) in [6.07, 6.45) is 0.156. The highest BCUT2D eigenvalue weighted by molar-refractivity contribution is 9.11. The van der Waals surface area contributed by atoms with Crippen LogP contribution in [0.1, 0.15) is 21.7 Å². The molecule has 0 bridgehead atoms. The molecular formula is C13H14BrNO5S. The molecule has 1 aliphatic heterocycles. The van der Waals surface area contributed by atoms with Crippen molar-refractivity contribution in [2.45, 2.75) is 13.3 Å². The molecule has 2 N–H and O–H groups in total. The fourth-order valence-electron chi connectivity index (χ4n) is 2.40. The van der Waals surface area contributed by atoms with Crippen LogP contribution in [0.2, 0.25) is 0 Å².